The van der Waals surface area contributed by atoms with Crippen molar-refractivity contribution >= 4 is 0 Å². The van der Waals surface area contributed by atoms with Gasteiger partial charge in [-0.25, -0.2) is 0 Å². The Bertz CT molecular complexity index is 381. The van der Waals surface area contributed by atoms with Crippen LogP contribution in [-0.2, 0) is 4.74 Å². The molecular formula is C21H36F2O. The van der Waals surface area contributed by atoms with Crippen molar-refractivity contribution in [2.75, 3.05) is 0 Å². The van der Waals surface area contributed by atoms with E-state index in [0.717, 1.165) is 42.9 Å². The van der Waals surface area contributed by atoms with Gasteiger partial charge in [-0.1, -0.05) is 39.5 Å². The second-order valence-electron chi connectivity index (χ2n) is 9.16. The molecule has 1 heterocycles. The van der Waals surface area contributed by atoms with Crippen LogP contribution in [0.4, 0.5) is 8.78 Å². The third kappa shape index (κ3) is 4.71. The van der Waals surface area contributed by atoms with Crippen molar-refractivity contribution in [2.24, 2.45) is 29.6 Å². The van der Waals surface area contributed by atoms with E-state index in [9.17, 15) is 8.78 Å². The highest BCUT2D eigenvalue weighted by molar-refractivity contribution is 4.82. The molecule has 0 N–H and O–H groups in total. The SMILES string of the molecule is CC1CCC(C2CCC(CCC3CCC(C)C(F)(F)O3)CC2)CC1. The Labute approximate surface area is 146 Å². The molecule has 0 bridgehead atoms. The van der Waals surface area contributed by atoms with Gasteiger partial charge in [0, 0.05) is 5.92 Å². The van der Waals surface area contributed by atoms with Crippen molar-refractivity contribution in [3.63, 3.8) is 0 Å². The van der Waals surface area contributed by atoms with Crippen LogP contribution in [-0.4, -0.2) is 12.2 Å². The van der Waals surface area contributed by atoms with Gasteiger partial charge in [0.05, 0.1) is 6.10 Å². The van der Waals surface area contributed by atoms with Gasteiger partial charge < -0.3 is 4.74 Å². The molecule has 3 rings (SSSR count). The van der Waals surface area contributed by atoms with Gasteiger partial charge >= 0.3 is 6.11 Å². The summed E-state index contributed by atoms with van der Waals surface area (Å²) in [5.74, 6) is 2.99. The fourth-order valence-corrected chi connectivity index (χ4v) is 5.33. The topological polar surface area (TPSA) is 9.23 Å². The minimum absolute atomic E-state index is 0.214. The first-order valence-corrected chi connectivity index (χ1v) is 10.5. The molecule has 0 spiro atoms. The maximum Gasteiger partial charge on any atom is 0.358 e. The van der Waals surface area contributed by atoms with E-state index in [1.807, 2.05) is 0 Å². The Kier molecular flexibility index (Phi) is 6.21. The van der Waals surface area contributed by atoms with Crippen LogP contribution in [0.15, 0.2) is 0 Å². The highest BCUT2D eigenvalue weighted by atomic mass is 19.3. The monoisotopic (exact) mass is 342 g/mol. The molecule has 0 aromatic rings. The molecule has 140 valence electrons. The molecular weight excluding hydrogens is 306 g/mol. The van der Waals surface area contributed by atoms with Gasteiger partial charge in [0.2, 0.25) is 0 Å². The van der Waals surface area contributed by atoms with Crippen molar-refractivity contribution in [3.8, 4) is 0 Å². The molecule has 3 heteroatoms. The second kappa shape index (κ2) is 8.01. The van der Waals surface area contributed by atoms with Crippen LogP contribution in [0.5, 0.6) is 0 Å². The number of alkyl halides is 2. The summed E-state index contributed by atoms with van der Waals surface area (Å²) in [6.07, 6.45) is 11.3. The Balaban J connectivity index is 1.35. The lowest BCUT2D eigenvalue weighted by molar-refractivity contribution is -0.311. The van der Waals surface area contributed by atoms with Crippen LogP contribution in [0.1, 0.15) is 90.9 Å². The van der Waals surface area contributed by atoms with Gasteiger partial charge in [-0.3, -0.25) is 0 Å². The lowest BCUT2D eigenvalue weighted by Crippen LogP contribution is -2.39. The molecule has 0 amide bonds. The van der Waals surface area contributed by atoms with Crippen LogP contribution >= 0.6 is 0 Å². The fourth-order valence-electron chi connectivity index (χ4n) is 5.33. The molecule has 2 unspecified atom stereocenters. The van der Waals surface area contributed by atoms with E-state index >= 15 is 0 Å². The summed E-state index contributed by atoms with van der Waals surface area (Å²) in [6, 6.07) is 0. The van der Waals surface area contributed by atoms with Crippen molar-refractivity contribution < 1.29 is 13.5 Å². The highest BCUT2D eigenvalue weighted by Gasteiger charge is 2.43. The van der Waals surface area contributed by atoms with E-state index in [1.165, 1.54) is 51.4 Å². The van der Waals surface area contributed by atoms with E-state index in [0.29, 0.717) is 6.42 Å². The minimum Gasteiger partial charge on any atom is -0.317 e. The summed E-state index contributed by atoms with van der Waals surface area (Å²) in [4.78, 5) is 0. The van der Waals surface area contributed by atoms with Crippen LogP contribution in [0.2, 0.25) is 0 Å². The quantitative estimate of drug-likeness (QED) is 0.545. The molecule has 3 fully saturated rings. The average Bonchev–Trinajstić information content (AvgIpc) is 2.57. The number of hydrogen-bond acceptors (Lipinski definition) is 1. The third-order valence-corrected chi connectivity index (χ3v) is 7.33. The second-order valence-corrected chi connectivity index (χ2v) is 9.16. The van der Waals surface area contributed by atoms with E-state index in [1.54, 1.807) is 6.92 Å². The molecule has 2 aliphatic carbocycles. The first kappa shape index (κ1) is 18.6. The Hall–Kier alpha value is -0.180. The summed E-state index contributed by atoms with van der Waals surface area (Å²) in [7, 11) is 0. The lowest BCUT2D eigenvalue weighted by Gasteiger charge is -2.38. The van der Waals surface area contributed by atoms with Crippen LogP contribution < -0.4 is 0 Å². The first-order chi connectivity index (χ1) is 11.4. The Morgan fingerprint density at radius 1 is 0.750 bits per heavy atom. The number of rotatable bonds is 4. The van der Waals surface area contributed by atoms with Crippen molar-refractivity contribution in [2.45, 2.75) is 103 Å². The molecule has 2 saturated carbocycles. The molecule has 24 heavy (non-hydrogen) atoms. The van der Waals surface area contributed by atoms with Gasteiger partial charge in [-0.15, -0.1) is 0 Å². The van der Waals surface area contributed by atoms with Crippen molar-refractivity contribution in [3.05, 3.63) is 0 Å². The van der Waals surface area contributed by atoms with E-state index in [4.69, 9.17) is 4.74 Å². The number of halogens is 2. The maximum absolute atomic E-state index is 13.7. The zero-order valence-electron chi connectivity index (χ0n) is 15.6. The first-order valence-electron chi connectivity index (χ1n) is 10.5. The largest absolute Gasteiger partial charge is 0.358 e. The standard InChI is InChI=1S/C21H36F2O/c1-15-3-9-18(10-4-15)19-11-6-17(7-12-19)8-14-20-13-5-16(2)21(22,23)24-20/h15-20H,3-14H2,1-2H3. The Morgan fingerprint density at radius 3 is 1.92 bits per heavy atom. The van der Waals surface area contributed by atoms with Gasteiger partial charge in [0.25, 0.3) is 0 Å². The highest BCUT2D eigenvalue weighted by Crippen LogP contribution is 2.43. The molecule has 1 saturated heterocycles. The predicted molar refractivity (Wildman–Crippen MR) is 94.0 cm³/mol. The van der Waals surface area contributed by atoms with E-state index in [2.05, 4.69) is 6.92 Å². The van der Waals surface area contributed by atoms with Gasteiger partial charge in [0.1, 0.15) is 0 Å². The van der Waals surface area contributed by atoms with Gasteiger partial charge in [0.15, 0.2) is 0 Å². The van der Waals surface area contributed by atoms with Gasteiger partial charge in [-0.2, -0.15) is 8.78 Å². The molecule has 0 aromatic heterocycles. The molecule has 1 nitrogen and oxygen atoms in total. The normalized spacial score (nSPS) is 43.5. The van der Waals surface area contributed by atoms with E-state index in [-0.39, 0.29) is 6.10 Å². The smallest absolute Gasteiger partial charge is 0.317 e. The molecule has 0 aromatic carbocycles. The maximum atomic E-state index is 13.7. The minimum atomic E-state index is -2.90. The predicted octanol–water partition coefficient (Wildman–Crippen LogP) is 6.81. The van der Waals surface area contributed by atoms with Crippen LogP contribution in [0.25, 0.3) is 0 Å². The summed E-state index contributed by atoms with van der Waals surface area (Å²) in [5, 5.41) is 0. The molecule has 0 radical (unpaired) electrons. The van der Waals surface area contributed by atoms with Gasteiger partial charge in [-0.05, 0) is 75.0 Å². The average molecular weight is 343 g/mol. The Morgan fingerprint density at radius 2 is 1.33 bits per heavy atom. The zero-order chi connectivity index (χ0) is 17.2. The van der Waals surface area contributed by atoms with Crippen molar-refractivity contribution in [1.82, 2.24) is 0 Å². The molecule has 1 aliphatic heterocycles. The summed E-state index contributed by atoms with van der Waals surface area (Å²) >= 11 is 0. The summed E-state index contributed by atoms with van der Waals surface area (Å²) in [5.41, 5.74) is 0. The van der Waals surface area contributed by atoms with E-state index < -0.39 is 12.0 Å². The summed E-state index contributed by atoms with van der Waals surface area (Å²) < 4.78 is 32.4. The lowest BCUT2D eigenvalue weighted by atomic mass is 9.69. The summed E-state index contributed by atoms with van der Waals surface area (Å²) in [6.45, 7) is 3.99. The van der Waals surface area contributed by atoms with Crippen LogP contribution in [0, 0.1) is 29.6 Å². The number of hydrogen-bond donors (Lipinski definition) is 0. The fraction of sp³-hybridized carbons (Fsp3) is 1.00. The molecule has 2 atom stereocenters. The number of ether oxygens (including phenoxy) is 1. The van der Waals surface area contributed by atoms with Crippen LogP contribution in [0.3, 0.4) is 0 Å². The molecule has 3 aliphatic rings. The third-order valence-electron chi connectivity index (χ3n) is 7.33. The van der Waals surface area contributed by atoms with Crippen molar-refractivity contribution in [1.29, 1.82) is 0 Å². The zero-order valence-corrected chi connectivity index (χ0v) is 15.6.